The molecule has 2 amide bonds. The number of hydrogen-bond acceptors (Lipinski definition) is 4. The van der Waals surface area contributed by atoms with E-state index in [4.69, 9.17) is 0 Å². The zero-order chi connectivity index (χ0) is 17.1. The van der Waals surface area contributed by atoms with Crippen molar-refractivity contribution in [1.82, 2.24) is 19.4 Å². The molecular formula is C17H22N4O2S. The lowest BCUT2D eigenvalue weighted by atomic mass is 10.3. The van der Waals surface area contributed by atoms with E-state index in [0.29, 0.717) is 38.3 Å². The van der Waals surface area contributed by atoms with E-state index in [-0.39, 0.29) is 11.8 Å². The summed E-state index contributed by atoms with van der Waals surface area (Å²) < 4.78 is 1.83. The molecule has 1 aliphatic rings. The van der Waals surface area contributed by atoms with Gasteiger partial charge in [0.15, 0.2) is 0 Å². The van der Waals surface area contributed by atoms with Crippen molar-refractivity contribution in [2.75, 3.05) is 26.2 Å². The van der Waals surface area contributed by atoms with E-state index in [1.807, 2.05) is 52.0 Å². The van der Waals surface area contributed by atoms with Gasteiger partial charge in [0.25, 0.3) is 5.91 Å². The maximum absolute atomic E-state index is 12.6. The highest BCUT2D eigenvalue weighted by Gasteiger charge is 2.24. The molecule has 6 nitrogen and oxygen atoms in total. The molecule has 0 unspecified atom stereocenters. The first kappa shape index (κ1) is 16.7. The van der Waals surface area contributed by atoms with Gasteiger partial charge in [-0.05, 0) is 25.5 Å². The van der Waals surface area contributed by atoms with Crippen LogP contribution in [0.25, 0.3) is 0 Å². The van der Waals surface area contributed by atoms with Crippen LogP contribution in [0.3, 0.4) is 0 Å². The second kappa shape index (κ2) is 7.17. The fraction of sp³-hybridized carbons (Fsp3) is 0.471. The van der Waals surface area contributed by atoms with Crippen molar-refractivity contribution in [1.29, 1.82) is 0 Å². The second-order valence-corrected chi connectivity index (χ2v) is 7.13. The Morgan fingerprint density at radius 3 is 2.62 bits per heavy atom. The van der Waals surface area contributed by atoms with Gasteiger partial charge in [0.05, 0.1) is 17.1 Å². The molecule has 0 aromatic carbocycles. The Morgan fingerprint density at radius 1 is 1.21 bits per heavy atom. The summed E-state index contributed by atoms with van der Waals surface area (Å²) in [4.78, 5) is 33.1. The van der Waals surface area contributed by atoms with Gasteiger partial charge < -0.3 is 14.4 Å². The smallest absolute Gasteiger partial charge is 0.270 e. The quantitative estimate of drug-likeness (QED) is 0.850. The number of carbonyl (C=O) groups excluding carboxylic acids is 2. The van der Waals surface area contributed by atoms with E-state index in [9.17, 15) is 9.59 Å². The molecule has 1 aliphatic heterocycles. The van der Waals surface area contributed by atoms with Crippen LogP contribution in [0.2, 0.25) is 0 Å². The maximum Gasteiger partial charge on any atom is 0.270 e. The first-order valence-corrected chi connectivity index (χ1v) is 9.02. The third kappa shape index (κ3) is 3.67. The van der Waals surface area contributed by atoms with Crippen molar-refractivity contribution in [2.24, 2.45) is 7.05 Å². The first-order valence-electron chi connectivity index (χ1n) is 8.14. The van der Waals surface area contributed by atoms with Gasteiger partial charge in [-0.15, -0.1) is 11.3 Å². The zero-order valence-electron chi connectivity index (χ0n) is 14.1. The van der Waals surface area contributed by atoms with Crippen molar-refractivity contribution in [3.05, 3.63) is 40.1 Å². The highest BCUT2D eigenvalue weighted by atomic mass is 32.1. The number of hydrogen-bond donors (Lipinski definition) is 0. The zero-order valence-corrected chi connectivity index (χ0v) is 14.9. The minimum Gasteiger partial charge on any atom is -0.347 e. The molecule has 1 fully saturated rings. The number of aromatic nitrogens is 2. The highest BCUT2D eigenvalue weighted by molar-refractivity contribution is 7.09. The Bertz CT molecular complexity index is 737. The molecule has 3 rings (SSSR count). The Hall–Kier alpha value is -2.15. The van der Waals surface area contributed by atoms with Gasteiger partial charge >= 0.3 is 0 Å². The molecule has 2 aromatic rings. The van der Waals surface area contributed by atoms with Gasteiger partial charge in [0.2, 0.25) is 5.91 Å². The summed E-state index contributed by atoms with van der Waals surface area (Å²) in [5.41, 5.74) is 1.52. The van der Waals surface area contributed by atoms with E-state index in [2.05, 4.69) is 4.98 Å². The fourth-order valence-electron chi connectivity index (χ4n) is 2.97. The average molecular weight is 346 g/mol. The number of thiazole rings is 1. The average Bonchev–Trinajstić information content (AvgIpc) is 3.07. The van der Waals surface area contributed by atoms with Crippen LogP contribution in [-0.2, 0) is 18.3 Å². The largest absolute Gasteiger partial charge is 0.347 e. The SMILES string of the molecule is Cc1nc(CC(=O)N2CCCN(C(=O)c3cccn3C)CC2)cs1. The summed E-state index contributed by atoms with van der Waals surface area (Å²) in [7, 11) is 1.87. The van der Waals surface area contributed by atoms with Gasteiger partial charge in [0.1, 0.15) is 5.69 Å². The Morgan fingerprint density at radius 2 is 1.96 bits per heavy atom. The van der Waals surface area contributed by atoms with Gasteiger partial charge in [-0.3, -0.25) is 9.59 Å². The topological polar surface area (TPSA) is 58.4 Å². The minimum absolute atomic E-state index is 0.0342. The summed E-state index contributed by atoms with van der Waals surface area (Å²) >= 11 is 1.56. The molecule has 7 heteroatoms. The van der Waals surface area contributed by atoms with Crippen LogP contribution in [-0.4, -0.2) is 57.3 Å². The van der Waals surface area contributed by atoms with Crippen LogP contribution in [0.4, 0.5) is 0 Å². The van der Waals surface area contributed by atoms with Crippen molar-refractivity contribution in [3.63, 3.8) is 0 Å². The van der Waals surface area contributed by atoms with Gasteiger partial charge in [-0.2, -0.15) is 0 Å². The molecule has 128 valence electrons. The van der Waals surface area contributed by atoms with Crippen LogP contribution in [0.15, 0.2) is 23.7 Å². The maximum atomic E-state index is 12.6. The number of nitrogens with zero attached hydrogens (tertiary/aromatic N) is 4. The molecule has 0 atom stereocenters. The van der Waals surface area contributed by atoms with Crippen LogP contribution >= 0.6 is 11.3 Å². The molecule has 0 aliphatic carbocycles. The van der Waals surface area contributed by atoms with Crippen molar-refractivity contribution >= 4 is 23.2 Å². The summed E-state index contributed by atoms with van der Waals surface area (Å²) in [5.74, 6) is 0.125. The molecule has 0 saturated carbocycles. The summed E-state index contributed by atoms with van der Waals surface area (Å²) in [6, 6.07) is 3.71. The molecule has 3 heterocycles. The van der Waals surface area contributed by atoms with Crippen LogP contribution < -0.4 is 0 Å². The summed E-state index contributed by atoms with van der Waals surface area (Å²) in [5, 5.41) is 2.92. The molecule has 1 saturated heterocycles. The van der Waals surface area contributed by atoms with Crippen molar-refractivity contribution < 1.29 is 9.59 Å². The number of rotatable bonds is 3. The number of aryl methyl sites for hydroxylation is 2. The van der Waals surface area contributed by atoms with E-state index in [1.54, 1.807) is 11.3 Å². The van der Waals surface area contributed by atoms with E-state index in [0.717, 1.165) is 17.1 Å². The molecule has 0 spiro atoms. The molecule has 24 heavy (non-hydrogen) atoms. The molecule has 2 aromatic heterocycles. The molecule has 0 radical (unpaired) electrons. The predicted molar refractivity (Wildman–Crippen MR) is 93.1 cm³/mol. The van der Waals surface area contributed by atoms with Gasteiger partial charge in [-0.1, -0.05) is 0 Å². The van der Waals surface area contributed by atoms with Crippen LogP contribution in [0, 0.1) is 6.92 Å². The standard InChI is InChI=1S/C17H22N4O2S/c1-13-18-14(12-24-13)11-16(22)20-7-4-8-21(10-9-20)17(23)15-5-3-6-19(15)2/h3,5-6,12H,4,7-11H2,1-2H3. The molecule has 0 bridgehead atoms. The third-order valence-electron chi connectivity index (χ3n) is 4.30. The van der Waals surface area contributed by atoms with Crippen LogP contribution in [0.5, 0.6) is 0 Å². The van der Waals surface area contributed by atoms with E-state index >= 15 is 0 Å². The molecular weight excluding hydrogens is 324 g/mol. The van der Waals surface area contributed by atoms with Gasteiger partial charge in [0, 0.05) is 44.8 Å². The fourth-order valence-corrected chi connectivity index (χ4v) is 3.58. The minimum atomic E-state index is 0.0342. The van der Waals surface area contributed by atoms with Gasteiger partial charge in [-0.25, -0.2) is 4.98 Å². The second-order valence-electron chi connectivity index (χ2n) is 6.07. The monoisotopic (exact) mass is 346 g/mol. The first-order chi connectivity index (χ1) is 11.5. The lowest BCUT2D eigenvalue weighted by Gasteiger charge is -2.22. The van der Waals surface area contributed by atoms with Crippen molar-refractivity contribution in [2.45, 2.75) is 19.8 Å². The Labute approximate surface area is 145 Å². The van der Waals surface area contributed by atoms with E-state index in [1.165, 1.54) is 0 Å². The number of amides is 2. The predicted octanol–water partition coefficient (Wildman–Crippen LogP) is 1.71. The Balaban J connectivity index is 1.59. The molecule has 0 N–H and O–H groups in total. The Kier molecular flexibility index (Phi) is 4.99. The third-order valence-corrected chi connectivity index (χ3v) is 5.12. The highest BCUT2D eigenvalue weighted by Crippen LogP contribution is 2.13. The lowest BCUT2D eigenvalue weighted by molar-refractivity contribution is -0.130. The van der Waals surface area contributed by atoms with Crippen LogP contribution in [0.1, 0.15) is 27.6 Å². The normalized spacial score (nSPS) is 15.4. The number of carbonyl (C=O) groups is 2. The van der Waals surface area contributed by atoms with E-state index < -0.39 is 0 Å². The van der Waals surface area contributed by atoms with Crippen molar-refractivity contribution in [3.8, 4) is 0 Å². The lowest BCUT2D eigenvalue weighted by Crippen LogP contribution is -2.38. The summed E-state index contributed by atoms with van der Waals surface area (Å²) in [6.45, 7) is 4.48. The summed E-state index contributed by atoms with van der Waals surface area (Å²) in [6.07, 6.45) is 3.02.